The molecule has 2 heterocycles. The molecule has 0 aliphatic carbocycles. The maximum absolute atomic E-state index is 14.9. The number of rotatable bonds is 4. The number of hydrogen-bond donors (Lipinski definition) is 2. The smallest absolute Gasteiger partial charge is 0.413 e. The van der Waals surface area contributed by atoms with E-state index in [4.69, 9.17) is 9.47 Å². The Bertz CT molecular complexity index is 1150. The van der Waals surface area contributed by atoms with Crippen LogP contribution in [0, 0.1) is 5.82 Å². The van der Waals surface area contributed by atoms with Gasteiger partial charge in [-0.25, -0.2) is 27.9 Å². The number of hydrogen-bond acceptors (Lipinski definition) is 6. The van der Waals surface area contributed by atoms with E-state index in [0.717, 1.165) is 12.1 Å². The van der Waals surface area contributed by atoms with Crippen LogP contribution in [0.2, 0.25) is 0 Å². The molecular weight excluding hydrogens is 569 g/mol. The van der Waals surface area contributed by atoms with Gasteiger partial charge in [-0.05, 0) is 74.0 Å². The van der Waals surface area contributed by atoms with Crippen LogP contribution in [0.4, 0.5) is 23.7 Å². The minimum atomic E-state index is -3.21. The summed E-state index contributed by atoms with van der Waals surface area (Å²) in [5.74, 6) is -1.84. The molecule has 1 aliphatic rings. The van der Waals surface area contributed by atoms with Crippen molar-refractivity contribution < 1.29 is 32.2 Å². The van der Waals surface area contributed by atoms with Gasteiger partial charge in [-0.15, -0.1) is 12.4 Å². The zero-order valence-corrected chi connectivity index (χ0v) is 22.2. The molecule has 8 nitrogen and oxygen atoms in total. The zero-order valence-electron chi connectivity index (χ0n) is 19.8. The highest BCUT2D eigenvalue weighted by molar-refractivity contribution is 9.10. The second kappa shape index (κ2) is 11.6. The molecule has 0 bridgehead atoms. The molecule has 2 unspecified atom stereocenters. The Kier molecular flexibility index (Phi) is 9.49. The van der Waals surface area contributed by atoms with Crippen molar-refractivity contribution in [3.63, 3.8) is 0 Å². The quantitative estimate of drug-likeness (QED) is 0.490. The lowest BCUT2D eigenvalue weighted by molar-refractivity contribution is -0.0352. The Morgan fingerprint density at radius 3 is 2.50 bits per heavy atom. The van der Waals surface area contributed by atoms with Gasteiger partial charge in [-0.1, -0.05) is 0 Å². The molecule has 0 saturated heterocycles. The van der Waals surface area contributed by atoms with Gasteiger partial charge in [0.15, 0.2) is 5.54 Å². The minimum absolute atomic E-state index is 0. The van der Waals surface area contributed by atoms with Crippen LogP contribution in [0.3, 0.4) is 0 Å². The van der Waals surface area contributed by atoms with Crippen molar-refractivity contribution in [1.29, 1.82) is 0 Å². The first-order chi connectivity index (χ1) is 16.3. The second-order valence-electron chi connectivity index (χ2n) is 8.81. The first kappa shape index (κ1) is 29.5. The molecule has 196 valence electrons. The van der Waals surface area contributed by atoms with E-state index < -0.39 is 53.7 Å². The fourth-order valence-electron chi connectivity index (χ4n) is 3.21. The van der Waals surface area contributed by atoms with Gasteiger partial charge < -0.3 is 14.8 Å². The van der Waals surface area contributed by atoms with E-state index in [-0.39, 0.29) is 29.6 Å². The monoisotopic (exact) mass is 592 g/mol. The van der Waals surface area contributed by atoms with E-state index in [0.29, 0.717) is 4.47 Å². The highest BCUT2D eigenvalue weighted by Crippen LogP contribution is 2.39. The van der Waals surface area contributed by atoms with Crippen molar-refractivity contribution in [3.8, 4) is 0 Å². The van der Waals surface area contributed by atoms with E-state index in [1.165, 1.54) is 25.3 Å². The lowest BCUT2D eigenvalue weighted by Crippen LogP contribution is -2.51. The van der Waals surface area contributed by atoms with E-state index in [9.17, 15) is 22.8 Å². The summed E-state index contributed by atoms with van der Waals surface area (Å²) >= 11 is 3.22. The van der Waals surface area contributed by atoms with Gasteiger partial charge in [0.05, 0.1) is 6.61 Å². The Morgan fingerprint density at radius 2 is 1.92 bits per heavy atom. The van der Waals surface area contributed by atoms with E-state index >= 15 is 0 Å². The number of halogens is 5. The number of amides is 2. The van der Waals surface area contributed by atoms with Crippen LogP contribution in [-0.4, -0.2) is 47.6 Å². The highest BCUT2D eigenvalue weighted by Gasteiger charge is 2.48. The number of nitrogens with one attached hydrogen (secondary N) is 2. The molecule has 2 amide bonds. The van der Waals surface area contributed by atoms with Crippen molar-refractivity contribution >= 4 is 51.9 Å². The van der Waals surface area contributed by atoms with Gasteiger partial charge in [0, 0.05) is 21.9 Å². The number of benzene rings is 1. The topological polar surface area (TPSA) is 102 Å². The predicted octanol–water partition coefficient (Wildman–Crippen LogP) is 5.46. The van der Waals surface area contributed by atoms with Crippen molar-refractivity contribution in [2.45, 2.75) is 51.4 Å². The lowest BCUT2D eigenvalue weighted by atomic mass is 9.89. The molecule has 0 spiro atoms. The zero-order chi connectivity index (χ0) is 26.0. The number of pyridine rings is 1. The molecule has 0 radical (unpaired) electrons. The van der Waals surface area contributed by atoms with Gasteiger partial charge >= 0.3 is 6.09 Å². The van der Waals surface area contributed by atoms with E-state index in [1.807, 2.05) is 0 Å². The number of aliphatic imine (C=N–C) groups is 1. The van der Waals surface area contributed by atoms with Gasteiger partial charge in [-0.2, -0.15) is 0 Å². The number of amidine groups is 1. The number of carbonyl (C=O) groups is 2. The number of ether oxygens (including phenoxy) is 2. The molecule has 1 aromatic heterocycles. The molecule has 2 N–H and O–H groups in total. The molecular formula is C23H25BrClF3N4O4. The normalized spacial score (nSPS) is 19.7. The average molecular weight is 594 g/mol. The van der Waals surface area contributed by atoms with Crippen molar-refractivity contribution in [1.82, 2.24) is 10.3 Å². The largest absolute Gasteiger partial charge is 0.444 e. The number of alkyl carbamates (subject to hydrolysis) is 1. The fraction of sp³-hybridized carbons (Fsp3) is 0.391. The van der Waals surface area contributed by atoms with Crippen molar-refractivity contribution in [2.24, 2.45) is 4.99 Å². The first-order valence-electron chi connectivity index (χ1n) is 10.5. The Labute approximate surface area is 220 Å². The summed E-state index contributed by atoms with van der Waals surface area (Å²) in [7, 11) is 0. The molecule has 2 atom stereocenters. The lowest BCUT2D eigenvalue weighted by Gasteiger charge is -2.36. The van der Waals surface area contributed by atoms with Crippen LogP contribution in [0.5, 0.6) is 0 Å². The number of aromatic nitrogens is 1. The number of anilines is 1. The van der Waals surface area contributed by atoms with Crippen LogP contribution in [-0.2, 0) is 15.0 Å². The minimum Gasteiger partial charge on any atom is -0.444 e. The third kappa shape index (κ3) is 6.95. The van der Waals surface area contributed by atoms with Crippen LogP contribution < -0.4 is 10.6 Å². The maximum atomic E-state index is 14.9. The standard InChI is InChI=1S/C23H24BrF3N4O4.ClH/c1-12-18(30-21(33)35-22(2,3)4)31-23(11-34-12,20(26)27)15-9-14(6-7-16(15)25)29-19(32)17-8-5-13(24)10-28-17;/h5-10,12,20H,11H2,1-4H3,(H,29,32)(H,30,31,33);1H. The summed E-state index contributed by atoms with van der Waals surface area (Å²) in [5.41, 5.74) is -3.71. The molecule has 1 aliphatic heterocycles. The van der Waals surface area contributed by atoms with Crippen LogP contribution in [0.1, 0.15) is 43.7 Å². The molecule has 36 heavy (non-hydrogen) atoms. The van der Waals surface area contributed by atoms with Gasteiger partial charge in [0.1, 0.15) is 29.1 Å². The Hall–Kier alpha value is -2.70. The molecule has 2 aromatic rings. The third-order valence-corrected chi connectivity index (χ3v) is 5.37. The fourth-order valence-corrected chi connectivity index (χ4v) is 3.45. The SMILES string of the molecule is CC1OCC(c2cc(NC(=O)c3ccc(Br)cn3)ccc2F)(C(F)F)N=C1NC(=O)OC(C)(C)C.Cl. The van der Waals surface area contributed by atoms with Gasteiger partial charge in [-0.3, -0.25) is 10.1 Å². The summed E-state index contributed by atoms with van der Waals surface area (Å²) in [5, 5.41) is 4.83. The number of carbonyl (C=O) groups excluding carboxylic acids is 2. The molecule has 13 heteroatoms. The van der Waals surface area contributed by atoms with E-state index in [2.05, 4.69) is 36.5 Å². The molecule has 1 aromatic carbocycles. The van der Waals surface area contributed by atoms with Crippen LogP contribution >= 0.6 is 28.3 Å². The van der Waals surface area contributed by atoms with E-state index in [1.54, 1.807) is 26.8 Å². The first-order valence-corrected chi connectivity index (χ1v) is 11.3. The summed E-state index contributed by atoms with van der Waals surface area (Å²) in [4.78, 5) is 32.7. The van der Waals surface area contributed by atoms with Crippen molar-refractivity contribution in [3.05, 3.63) is 58.1 Å². The van der Waals surface area contributed by atoms with Crippen LogP contribution in [0.15, 0.2) is 46.0 Å². The average Bonchev–Trinajstić information content (AvgIpc) is 2.75. The molecule has 0 saturated carbocycles. The maximum Gasteiger partial charge on any atom is 0.413 e. The molecule has 3 rings (SSSR count). The Balaban J connectivity index is 0.00000456. The number of nitrogens with zero attached hydrogens (tertiary/aromatic N) is 2. The van der Waals surface area contributed by atoms with Gasteiger partial charge in [0.2, 0.25) is 0 Å². The third-order valence-electron chi connectivity index (χ3n) is 4.90. The number of alkyl halides is 2. The predicted molar refractivity (Wildman–Crippen MR) is 133 cm³/mol. The summed E-state index contributed by atoms with van der Waals surface area (Å²) < 4.78 is 55.0. The summed E-state index contributed by atoms with van der Waals surface area (Å²) in [6.45, 7) is 5.75. The highest BCUT2D eigenvalue weighted by atomic mass is 79.9. The molecule has 0 fully saturated rings. The summed E-state index contributed by atoms with van der Waals surface area (Å²) in [6.07, 6.45) is -3.56. The second-order valence-corrected chi connectivity index (χ2v) is 9.73. The van der Waals surface area contributed by atoms with Gasteiger partial charge in [0.25, 0.3) is 12.3 Å². The van der Waals surface area contributed by atoms with Crippen LogP contribution in [0.25, 0.3) is 0 Å². The summed E-state index contributed by atoms with van der Waals surface area (Å²) in [6, 6.07) is 6.30. The Morgan fingerprint density at radius 1 is 1.22 bits per heavy atom. The van der Waals surface area contributed by atoms with Crippen molar-refractivity contribution in [2.75, 3.05) is 11.9 Å².